The molecule has 0 saturated heterocycles. The fourth-order valence-electron chi connectivity index (χ4n) is 3.02. The number of hydrogen-bond acceptors (Lipinski definition) is 5. The number of rotatable bonds is 15. The first-order valence-corrected chi connectivity index (χ1v) is 10.5. The number of ether oxygens (including phenoxy) is 2. The van der Waals surface area contributed by atoms with Crippen LogP contribution in [0.5, 0.6) is 11.5 Å². The van der Waals surface area contributed by atoms with Crippen molar-refractivity contribution >= 4 is 17.7 Å². The van der Waals surface area contributed by atoms with Crippen LogP contribution in [0.15, 0.2) is 18.2 Å². The normalized spacial score (nSPS) is 11.4. The zero-order chi connectivity index (χ0) is 22.4. The molecule has 4 N–H and O–H groups in total. The zero-order valence-corrected chi connectivity index (χ0v) is 18.3. The van der Waals surface area contributed by atoms with Gasteiger partial charge in [-0.2, -0.15) is 0 Å². The van der Waals surface area contributed by atoms with Gasteiger partial charge >= 0.3 is 0 Å². The monoisotopic (exact) mass is 421 g/mol. The van der Waals surface area contributed by atoms with Crippen LogP contribution in [0.25, 0.3) is 0 Å². The van der Waals surface area contributed by atoms with Crippen molar-refractivity contribution in [2.24, 2.45) is 5.73 Å². The summed E-state index contributed by atoms with van der Waals surface area (Å²) >= 11 is 0. The first-order chi connectivity index (χ1) is 14.4. The molecule has 8 nitrogen and oxygen atoms in total. The van der Waals surface area contributed by atoms with Crippen LogP contribution in [0, 0.1) is 0 Å². The number of methoxy groups -OCH3 is 2. The van der Waals surface area contributed by atoms with Gasteiger partial charge < -0.3 is 25.8 Å². The molecule has 1 rings (SSSR count). The summed E-state index contributed by atoms with van der Waals surface area (Å²) in [6, 6.07) is 4.53. The van der Waals surface area contributed by atoms with Crippen LogP contribution in [0.1, 0.15) is 57.4 Å². The highest BCUT2D eigenvalue weighted by Gasteiger charge is 2.21. The van der Waals surface area contributed by atoms with Gasteiger partial charge in [-0.15, -0.1) is 0 Å². The van der Waals surface area contributed by atoms with Crippen molar-refractivity contribution in [3.63, 3.8) is 0 Å². The van der Waals surface area contributed by atoms with Crippen molar-refractivity contribution in [1.82, 2.24) is 10.6 Å². The zero-order valence-electron chi connectivity index (χ0n) is 18.3. The molecule has 1 aromatic carbocycles. The highest BCUT2D eigenvalue weighted by molar-refractivity contribution is 5.91. The predicted octanol–water partition coefficient (Wildman–Crippen LogP) is 2.08. The minimum absolute atomic E-state index is 0.178. The number of hydrogen-bond donors (Lipinski definition) is 3. The molecule has 30 heavy (non-hydrogen) atoms. The molecule has 0 spiro atoms. The molecule has 168 valence electrons. The van der Waals surface area contributed by atoms with E-state index in [0.29, 0.717) is 30.9 Å². The van der Waals surface area contributed by atoms with Crippen molar-refractivity contribution < 1.29 is 23.9 Å². The number of carbonyl (C=O) groups is 3. The predicted molar refractivity (Wildman–Crippen MR) is 115 cm³/mol. The van der Waals surface area contributed by atoms with Gasteiger partial charge in [0.05, 0.1) is 20.6 Å². The van der Waals surface area contributed by atoms with Crippen molar-refractivity contribution in [1.29, 1.82) is 0 Å². The summed E-state index contributed by atoms with van der Waals surface area (Å²) in [6.07, 6.45) is 5.83. The lowest BCUT2D eigenvalue weighted by Gasteiger charge is -2.15. The van der Waals surface area contributed by atoms with Crippen LogP contribution < -0.4 is 25.8 Å². The number of nitrogens with two attached hydrogens (primary N) is 1. The molecule has 1 atom stereocenters. The average Bonchev–Trinajstić information content (AvgIpc) is 2.72. The molecule has 1 unspecified atom stereocenters. The molecule has 0 heterocycles. The Morgan fingerprint density at radius 3 is 2.33 bits per heavy atom. The van der Waals surface area contributed by atoms with E-state index in [2.05, 4.69) is 17.6 Å². The summed E-state index contributed by atoms with van der Waals surface area (Å²) in [7, 11) is 3.13. The van der Waals surface area contributed by atoms with Crippen molar-refractivity contribution in [2.75, 3.05) is 20.8 Å². The van der Waals surface area contributed by atoms with Crippen LogP contribution in [0.3, 0.4) is 0 Å². The lowest BCUT2D eigenvalue weighted by molar-refractivity contribution is -0.130. The van der Waals surface area contributed by atoms with E-state index in [0.717, 1.165) is 37.7 Å². The van der Waals surface area contributed by atoms with Crippen molar-refractivity contribution in [3.8, 4) is 11.5 Å². The van der Waals surface area contributed by atoms with Crippen LogP contribution in [0.2, 0.25) is 0 Å². The molecule has 0 radical (unpaired) electrons. The Labute approximate surface area is 178 Å². The maximum atomic E-state index is 12.2. The standard InChI is InChI=1S/C22H35N3O5/c1-4-5-6-7-8-9-20(26)25-17(22(23)28)15-21(27)24-13-12-16-10-11-18(29-2)19(14-16)30-3/h10-11,14,17H,4-9,12-13,15H2,1-3H3,(H2,23,28)(H,24,27)(H,25,26). The van der Waals surface area contributed by atoms with E-state index in [1.807, 2.05) is 12.1 Å². The second-order valence-corrected chi connectivity index (χ2v) is 7.18. The Hall–Kier alpha value is -2.77. The highest BCUT2D eigenvalue weighted by atomic mass is 16.5. The molecule has 0 aliphatic carbocycles. The highest BCUT2D eigenvalue weighted by Crippen LogP contribution is 2.27. The Morgan fingerprint density at radius 2 is 1.70 bits per heavy atom. The third-order valence-corrected chi connectivity index (χ3v) is 4.76. The van der Waals surface area contributed by atoms with E-state index >= 15 is 0 Å². The number of nitrogens with one attached hydrogen (secondary N) is 2. The smallest absolute Gasteiger partial charge is 0.240 e. The molecule has 8 heteroatoms. The minimum atomic E-state index is -1.01. The van der Waals surface area contributed by atoms with Crippen LogP contribution >= 0.6 is 0 Å². The number of unbranched alkanes of at least 4 members (excludes halogenated alkanes) is 4. The Bertz CT molecular complexity index is 693. The van der Waals surface area contributed by atoms with Gasteiger partial charge in [-0.3, -0.25) is 14.4 Å². The number of primary amides is 1. The van der Waals surface area contributed by atoms with E-state index < -0.39 is 11.9 Å². The Kier molecular flexibility index (Phi) is 12.0. The van der Waals surface area contributed by atoms with Gasteiger partial charge in [0.1, 0.15) is 6.04 Å². The van der Waals surface area contributed by atoms with Gasteiger partial charge in [0.2, 0.25) is 17.7 Å². The van der Waals surface area contributed by atoms with Crippen molar-refractivity contribution in [3.05, 3.63) is 23.8 Å². The van der Waals surface area contributed by atoms with Crippen molar-refractivity contribution in [2.45, 2.75) is 64.3 Å². The number of carbonyl (C=O) groups excluding carboxylic acids is 3. The summed E-state index contributed by atoms with van der Waals surface area (Å²) < 4.78 is 10.5. The molecule has 0 saturated carbocycles. The summed E-state index contributed by atoms with van der Waals surface area (Å²) in [4.78, 5) is 35.8. The Balaban J connectivity index is 2.41. The fraction of sp³-hybridized carbons (Fsp3) is 0.591. The molecule has 0 fully saturated rings. The van der Waals surface area contributed by atoms with E-state index in [1.54, 1.807) is 20.3 Å². The topological polar surface area (TPSA) is 120 Å². The maximum Gasteiger partial charge on any atom is 0.240 e. The van der Waals surface area contributed by atoms with Crippen LogP contribution in [-0.2, 0) is 20.8 Å². The second kappa shape index (κ2) is 14.3. The van der Waals surface area contributed by atoms with Crippen LogP contribution in [-0.4, -0.2) is 44.5 Å². The fourth-order valence-corrected chi connectivity index (χ4v) is 3.02. The van der Waals surface area contributed by atoms with Gasteiger partial charge in [-0.05, 0) is 30.5 Å². The second-order valence-electron chi connectivity index (χ2n) is 7.18. The van der Waals surface area contributed by atoms with Crippen LogP contribution in [0.4, 0.5) is 0 Å². The summed E-state index contributed by atoms with van der Waals surface area (Å²) in [5.41, 5.74) is 6.32. The molecular weight excluding hydrogens is 386 g/mol. The summed E-state index contributed by atoms with van der Waals surface area (Å²) in [6.45, 7) is 2.51. The largest absolute Gasteiger partial charge is 0.493 e. The first kappa shape index (κ1) is 25.3. The third-order valence-electron chi connectivity index (χ3n) is 4.76. The van der Waals surface area contributed by atoms with E-state index in [9.17, 15) is 14.4 Å². The minimum Gasteiger partial charge on any atom is -0.493 e. The lowest BCUT2D eigenvalue weighted by Crippen LogP contribution is -2.47. The van der Waals surface area contributed by atoms with E-state index in [1.165, 1.54) is 0 Å². The molecule has 3 amide bonds. The summed E-state index contributed by atoms with van der Waals surface area (Å²) in [5, 5.41) is 5.32. The summed E-state index contributed by atoms with van der Waals surface area (Å²) in [5.74, 6) is -0.0662. The Morgan fingerprint density at radius 1 is 1.00 bits per heavy atom. The van der Waals surface area contributed by atoms with Gasteiger partial charge in [-0.25, -0.2) is 0 Å². The quantitative estimate of drug-likeness (QED) is 0.375. The average molecular weight is 422 g/mol. The molecule has 0 bridgehead atoms. The van der Waals surface area contributed by atoms with E-state index in [4.69, 9.17) is 15.2 Å². The van der Waals surface area contributed by atoms with Gasteiger partial charge in [0.25, 0.3) is 0 Å². The molecular formula is C22H35N3O5. The third kappa shape index (κ3) is 9.62. The SMILES string of the molecule is CCCCCCCC(=O)NC(CC(=O)NCCc1ccc(OC)c(OC)c1)C(N)=O. The van der Waals surface area contributed by atoms with Gasteiger partial charge in [0.15, 0.2) is 11.5 Å². The number of benzene rings is 1. The lowest BCUT2D eigenvalue weighted by atomic mass is 10.1. The van der Waals surface area contributed by atoms with Gasteiger partial charge in [-0.1, -0.05) is 38.7 Å². The molecule has 0 aliphatic heterocycles. The molecule has 0 aromatic heterocycles. The molecule has 1 aromatic rings. The van der Waals surface area contributed by atoms with E-state index in [-0.39, 0.29) is 18.2 Å². The maximum absolute atomic E-state index is 12.2. The number of amides is 3. The van der Waals surface area contributed by atoms with Gasteiger partial charge in [0, 0.05) is 13.0 Å². The molecule has 0 aliphatic rings. The first-order valence-electron chi connectivity index (χ1n) is 10.5.